The smallest absolute Gasteiger partial charge is 0.306 e. The van der Waals surface area contributed by atoms with Crippen LogP contribution in [-0.4, -0.2) is 24.2 Å². The quantitative estimate of drug-likeness (QED) is 0.557. The lowest BCUT2D eigenvalue weighted by atomic mass is 9.94. The minimum atomic E-state index is -0.325. The van der Waals surface area contributed by atoms with E-state index in [0.717, 1.165) is 5.70 Å². The first-order valence-electron chi connectivity index (χ1n) is 4.70. The van der Waals surface area contributed by atoms with Gasteiger partial charge in [-0.05, 0) is 13.8 Å². The molecular weight excluding hydrogens is 214 g/mol. The van der Waals surface area contributed by atoms with Gasteiger partial charge in [0.2, 0.25) is 0 Å². The standard InChI is InChI=1S/C10H15NO3S/c1-5-9(6(2)12)7(10(15)11-5)4-8(13)14-3/h7,10-11,15H,4H2,1-3H3. The third kappa shape index (κ3) is 2.53. The van der Waals surface area contributed by atoms with E-state index in [1.807, 2.05) is 6.92 Å². The number of nitrogens with one attached hydrogen (secondary N) is 1. The zero-order valence-corrected chi connectivity index (χ0v) is 9.93. The number of rotatable bonds is 3. The van der Waals surface area contributed by atoms with Crippen LogP contribution < -0.4 is 5.32 Å². The van der Waals surface area contributed by atoms with Gasteiger partial charge in [0.05, 0.1) is 18.9 Å². The van der Waals surface area contributed by atoms with Crippen LogP contribution in [0.15, 0.2) is 11.3 Å². The molecular formula is C10H15NO3S. The third-order valence-corrected chi connectivity index (χ3v) is 3.00. The first kappa shape index (κ1) is 12.1. The van der Waals surface area contributed by atoms with E-state index in [2.05, 4.69) is 22.7 Å². The second-order valence-corrected chi connectivity index (χ2v) is 4.13. The first-order chi connectivity index (χ1) is 6.97. The van der Waals surface area contributed by atoms with Gasteiger partial charge in [0, 0.05) is 17.2 Å². The highest BCUT2D eigenvalue weighted by Gasteiger charge is 2.34. The Labute approximate surface area is 94.5 Å². The zero-order valence-electron chi connectivity index (χ0n) is 9.03. The Morgan fingerprint density at radius 3 is 2.60 bits per heavy atom. The normalized spacial score (nSPS) is 25.1. The van der Waals surface area contributed by atoms with Gasteiger partial charge < -0.3 is 10.1 Å². The molecule has 0 aromatic rings. The lowest BCUT2D eigenvalue weighted by Gasteiger charge is -2.15. The van der Waals surface area contributed by atoms with Gasteiger partial charge in [0.1, 0.15) is 0 Å². The van der Waals surface area contributed by atoms with Crippen molar-refractivity contribution in [1.82, 2.24) is 5.32 Å². The summed E-state index contributed by atoms with van der Waals surface area (Å²) in [6.45, 7) is 3.31. The number of hydrogen-bond acceptors (Lipinski definition) is 5. The molecule has 1 heterocycles. The van der Waals surface area contributed by atoms with Crippen molar-refractivity contribution in [2.24, 2.45) is 5.92 Å². The van der Waals surface area contributed by atoms with E-state index in [9.17, 15) is 9.59 Å². The van der Waals surface area contributed by atoms with Gasteiger partial charge in [0.25, 0.3) is 0 Å². The van der Waals surface area contributed by atoms with Crippen LogP contribution in [0.1, 0.15) is 20.3 Å². The highest BCUT2D eigenvalue weighted by atomic mass is 32.1. The summed E-state index contributed by atoms with van der Waals surface area (Å²) in [5.41, 5.74) is 1.46. The lowest BCUT2D eigenvalue weighted by Crippen LogP contribution is -2.25. The van der Waals surface area contributed by atoms with Crippen molar-refractivity contribution < 1.29 is 14.3 Å². The van der Waals surface area contributed by atoms with Gasteiger partial charge >= 0.3 is 5.97 Å². The minimum Gasteiger partial charge on any atom is -0.469 e. The second kappa shape index (κ2) is 4.70. The topological polar surface area (TPSA) is 55.4 Å². The molecule has 1 rings (SSSR count). The molecule has 0 radical (unpaired) electrons. The van der Waals surface area contributed by atoms with Crippen LogP contribution >= 0.6 is 12.6 Å². The van der Waals surface area contributed by atoms with Crippen LogP contribution in [0.25, 0.3) is 0 Å². The first-order valence-corrected chi connectivity index (χ1v) is 5.22. The van der Waals surface area contributed by atoms with Crippen molar-refractivity contribution >= 4 is 24.4 Å². The summed E-state index contributed by atoms with van der Waals surface area (Å²) in [5.74, 6) is -0.543. The molecule has 1 aliphatic heterocycles. The molecule has 0 bridgehead atoms. The van der Waals surface area contributed by atoms with E-state index in [0.29, 0.717) is 5.57 Å². The number of thiol groups is 1. The predicted octanol–water partition coefficient (Wildman–Crippen LogP) is 0.888. The summed E-state index contributed by atoms with van der Waals surface area (Å²) >= 11 is 4.30. The molecule has 5 heteroatoms. The highest BCUT2D eigenvalue weighted by molar-refractivity contribution is 7.80. The Bertz CT molecular complexity index is 325. The van der Waals surface area contributed by atoms with Crippen LogP contribution in [0.5, 0.6) is 0 Å². The van der Waals surface area contributed by atoms with Crippen molar-refractivity contribution in [3.8, 4) is 0 Å². The van der Waals surface area contributed by atoms with Crippen molar-refractivity contribution in [1.29, 1.82) is 0 Å². The fraction of sp³-hybridized carbons (Fsp3) is 0.600. The minimum absolute atomic E-state index is 0.0227. The maximum absolute atomic E-state index is 11.4. The number of hydrogen-bond donors (Lipinski definition) is 2. The molecule has 84 valence electrons. The number of allylic oxidation sites excluding steroid dienone is 1. The van der Waals surface area contributed by atoms with Gasteiger partial charge in [0.15, 0.2) is 5.78 Å². The Morgan fingerprint density at radius 1 is 1.53 bits per heavy atom. The Balaban J connectivity index is 2.86. The molecule has 1 N–H and O–H groups in total. The van der Waals surface area contributed by atoms with Crippen molar-refractivity contribution in [2.45, 2.75) is 25.6 Å². The van der Waals surface area contributed by atoms with E-state index < -0.39 is 0 Å². The van der Waals surface area contributed by atoms with E-state index in [1.165, 1.54) is 14.0 Å². The molecule has 0 aromatic carbocycles. The van der Waals surface area contributed by atoms with E-state index in [-0.39, 0.29) is 29.5 Å². The van der Waals surface area contributed by atoms with Crippen LogP contribution in [0.3, 0.4) is 0 Å². The van der Waals surface area contributed by atoms with E-state index in [4.69, 9.17) is 0 Å². The number of methoxy groups -OCH3 is 1. The Hall–Kier alpha value is -0.970. The Morgan fingerprint density at radius 2 is 2.13 bits per heavy atom. The van der Waals surface area contributed by atoms with Gasteiger partial charge in [-0.25, -0.2) is 0 Å². The molecule has 0 saturated heterocycles. The number of carbonyl (C=O) groups is 2. The molecule has 0 spiro atoms. The maximum Gasteiger partial charge on any atom is 0.306 e. The number of esters is 1. The van der Waals surface area contributed by atoms with Crippen LogP contribution in [0.2, 0.25) is 0 Å². The number of carbonyl (C=O) groups excluding carboxylic acids is 2. The molecule has 0 aromatic heterocycles. The zero-order chi connectivity index (χ0) is 11.6. The van der Waals surface area contributed by atoms with Gasteiger partial charge in [-0.2, -0.15) is 12.6 Å². The molecule has 2 unspecified atom stereocenters. The van der Waals surface area contributed by atoms with E-state index in [1.54, 1.807) is 0 Å². The molecule has 15 heavy (non-hydrogen) atoms. The van der Waals surface area contributed by atoms with Crippen molar-refractivity contribution in [3.63, 3.8) is 0 Å². The molecule has 0 amide bonds. The van der Waals surface area contributed by atoms with Crippen molar-refractivity contribution in [2.75, 3.05) is 7.11 Å². The monoisotopic (exact) mass is 229 g/mol. The largest absolute Gasteiger partial charge is 0.469 e. The number of ketones is 1. The third-order valence-electron chi connectivity index (χ3n) is 2.51. The summed E-state index contributed by atoms with van der Waals surface area (Å²) in [5, 5.41) is 2.85. The molecule has 4 nitrogen and oxygen atoms in total. The summed E-state index contributed by atoms with van der Waals surface area (Å²) in [6.07, 6.45) is 0.184. The van der Waals surface area contributed by atoms with Crippen molar-refractivity contribution in [3.05, 3.63) is 11.3 Å². The maximum atomic E-state index is 11.4. The lowest BCUT2D eigenvalue weighted by molar-refractivity contribution is -0.141. The number of Topliss-reactive ketones (excluding diaryl/α,β-unsaturated/α-hetero) is 1. The highest BCUT2D eigenvalue weighted by Crippen LogP contribution is 2.31. The molecule has 0 aliphatic carbocycles. The molecule has 2 atom stereocenters. The summed E-state index contributed by atoms with van der Waals surface area (Å²) in [7, 11) is 1.34. The number of ether oxygens (including phenoxy) is 1. The summed E-state index contributed by atoms with van der Waals surface area (Å²) < 4.78 is 4.59. The second-order valence-electron chi connectivity index (χ2n) is 3.57. The Kier molecular flexibility index (Phi) is 3.79. The molecule has 0 fully saturated rings. The molecule has 0 saturated carbocycles. The van der Waals surface area contributed by atoms with E-state index >= 15 is 0 Å². The van der Waals surface area contributed by atoms with Crippen LogP contribution in [0.4, 0.5) is 0 Å². The van der Waals surface area contributed by atoms with Crippen LogP contribution in [-0.2, 0) is 14.3 Å². The SMILES string of the molecule is COC(=O)CC1C(C(C)=O)=C(C)NC1S. The fourth-order valence-corrected chi connectivity index (χ4v) is 2.29. The summed E-state index contributed by atoms with van der Waals surface area (Å²) in [6, 6.07) is 0. The summed E-state index contributed by atoms with van der Waals surface area (Å²) in [4.78, 5) is 22.6. The fourth-order valence-electron chi connectivity index (χ4n) is 1.84. The average molecular weight is 229 g/mol. The van der Waals surface area contributed by atoms with Crippen LogP contribution in [0, 0.1) is 5.92 Å². The van der Waals surface area contributed by atoms with Gasteiger partial charge in [-0.15, -0.1) is 0 Å². The van der Waals surface area contributed by atoms with Gasteiger partial charge in [-0.1, -0.05) is 0 Å². The van der Waals surface area contributed by atoms with Gasteiger partial charge in [-0.3, -0.25) is 9.59 Å². The average Bonchev–Trinajstić information content (AvgIpc) is 2.41. The predicted molar refractivity (Wildman–Crippen MR) is 59.4 cm³/mol. The molecule has 1 aliphatic rings.